The van der Waals surface area contributed by atoms with Gasteiger partial charge < -0.3 is 9.47 Å². The summed E-state index contributed by atoms with van der Waals surface area (Å²) in [5.41, 5.74) is 2.22. The zero-order chi connectivity index (χ0) is 25.0. The minimum absolute atomic E-state index is 0.366. The smallest absolute Gasteiger partial charge is 0.413 e. The van der Waals surface area contributed by atoms with E-state index in [2.05, 4.69) is 20.7 Å². The molecule has 0 fully saturated rings. The molecule has 0 spiro atoms. The molecule has 0 unspecified atom stereocenters. The van der Waals surface area contributed by atoms with E-state index >= 15 is 0 Å². The van der Waals surface area contributed by atoms with Crippen LogP contribution in [0.1, 0.15) is 45.1 Å². The third-order valence-electron chi connectivity index (χ3n) is 4.78. The molecule has 2 aromatic heterocycles. The molecule has 0 saturated carbocycles. The second-order valence-electron chi connectivity index (χ2n) is 8.71. The molecule has 1 aromatic carbocycles. The number of halogens is 1. The van der Waals surface area contributed by atoms with Crippen molar-refractivity contribution < 1.29 is 23.5 Å². The van der Waals surface area contributed by atoms with E-state index in [0.717, 1.165) is 0 Å². The zero-order valence-corrected chi connectivity index (χ0v) is 20.0. The fourth-order valence-electron chi connectivity index (χ4n) is 3.12. The first-order valence-corrected chi connectivity index (χ1v) is 10.7. The van der Waals surface area contributed by atoms with E-state index < -0.39 is 23.9 Å². The molecule has 0 radical (unpaired) electrons. The molecular formula is C24H28FN5O4. The summed E-state index contributed by atoms with van der Waals surface area (Å²) in [6, 6.07) is 9.13. The summed E-state index contributed by atoms with van der Waals surface area (Å²) in [6.45, 7) is 8.78. The minimum Gasteiger partial charge on any atom is -0.444 e. The number of rotatable bonds is 5. The summed E-state index contributed by atoms with van der Waals surface area (Å²) in [7, 11) is 1.67. The number of nitrogens with zero attached hydrogens (tertiary/aromatic N) is 3. The molecule has 2 N–H and O–H groups in total. The summed E-state index contributed by atoms with van der Waals surface area (Å²) in [5.74, 6) is 0.0195. The highest BCUT2D eigenvalue weighted by Crippen LogP contribution is 2.29. The Hall–Kier alpha value is -3.95. The first-order chi connectivity index (χ1) is 15.9. The zero-order valence-electron chi connectivity index (χ0n) is 20.0. The normalized spacial score (nSPS) is 12.1. The standard InChI is InChI=1S/C24H28FN5O4/c1-14-19(28-23(32)34-24(3,4)5)11-12-20(27-14)18-13-26-30(6)21(18)29-22(31)33-15(2)16-7-9-17(25)10-8-16/h7-13,15H,1-6H3,(H,28,32)(H,29,31)/t15-/m1/s1. The Balaban J connectivity index is 1.73. The van der Waals surface area contributed by atoms with E-state index in [1.165, 1.54) is 16.8 Å². The van der Waals surface area contributed by atoms with E-state index in [-0.39, 0.29) is 5.82 Å². The third kappa shape index (κ3) is 6.31. The summed E-state index contributed by atoms with van der Waals surface area (Å²) in [5, 5.41) is 9.59. The molecule has 0 aliphatic carbocycles. The van der Waals surface area contributed by atoms with Gasteiger partial charge in [0.1, 0.15) is 23.3 Å². The third-order valence-corrected chi connectivity index (χ3v) is 4.78. The molecule has 0 aliphatic rings. The van der Waals surface area contributed by atoms with E-state index in [1.807, 2.05) is 0 Å². The molecule has 1 atom stereocenters. The molecule has 2 amide bonds. The Morgan fingerprint density at radius 2 is 1.74 bits per heavy atom. The quantitative estimate of drug-likeness (QED) is 0.505. The second kappa shape index (κ2) is 9.90. The van der Waals surface area contributed by atoms with Gasteiger partial charge in [-0.3, -0.25) is 20.3 Å². The molecule has 180 valence electrons. The van der Waals surface area contributed by atoms with Gasteiger partial charge >= 0.3 is 12.2 Å². The largest absolute Gasteiger partial charge is 0.444 e. The van der Waals surface area contributed by atoms with Gasteiger partial charge in [-0.1, -0.05) is 12.1 Å². The maximum absolute atomic E-state index is 13.1. The molecule has 0 saturated heterocycles. The average Bonchev–Trinajstić information content (AvgIpc) is 3.08. The van der Waals surface area contributed by atoms with Crippen LogP contribution in [0, 0.1) is 12.7 Å². The van der Waals surface area contributed by atoms with Crippen LogP contribution >= 0.6 is 0 Å². The SMILES string of the molecule is Cc1nc(-c2cnn(C)c2NC(=O)O[C@H](C)c2ccc(F)cc2)ccc1NC(=O)OC(C)(C)C. The Labute approximate surface area is 197 Å². The molecular weight excluding hydrogens is 441 g/mol. The van der Waals surface area contributed by atoms with Crippen molar-refractivity contribution >= 4 is 23.7 Å². The Bertz CT molecular complexity index is 1190. The highest BCUT2D eigenvalue weighted by molar-refractivity contribution is 5.90. The second-order valence-corrected chi connectivity index (χ2v) is 8.71. The van der Waals surface area contributed by atoms with Gasteiger partial charge in [0.25, 0.3) is 0 Å². The molecule has 0 aliphatic heterocycles. The number of hydrogen-bond acceptors (Lipinski definition) is 6. The van der Waals surface area contributed by atoms with Gasteiger partial charge in [-0.05, 0) is 64.4 Å². The molecule has 0 bridgehead atoms. The predicted octanol–water partition coefficient (Wildman–Crippen LogP) is 5.59. The molecule has 34 heavy (non-hydrogen) atoms. The van der Waals surface area contributed by atoms with E-state index in [9.17, 15) is 14.0 Å². The lowest BCUT2D eigenvalue weighted by atomic mass is 10.1. The van der Waals surface area contributed by atoms with Gasteiger partial charge in [-0.2, -0.15) is 5.10 Å². The van der Waals surface area contributed by atoms with Crippen molar-refractivity contribution in [2.45, 2.75) is 46.3 Å². The van der Waals surface area contributed by atoms with E-state index in [0.29, 0.717) is 34.0 Å². The van der Waals surface area contributed by atoms with Crippen LogP contribution in [0.4, 0.5) is 25.5 Å². The van der Waals surface area contributed by atoms with E-state index in [1.54, 1.807) is 72.1 Å². The van der Waals surface area contributed by atoms with Gasteiger partial charge in [-0.15, -0.1) is 0 Å². The minimum atomic E-state index is -0.693. The van der Waals surface area contributed by atoms with Crippen molar-refractivity contribution in [2.24, 2.45) is 7.05 Å². The highest BCUT2D eigenvalue weighted by Gasteiger charge is 2.20. The Morgan fingerprint density at radius 3 is 2.35 bits per heavy atom. The van der Waals surface area contributed by atoms with Crippen LogP contribution in [0.2, 0.25) is 0 Å². The number of pyridine rings is 1. The number of hydrogen-bond donors (Lipinski definition) is 2. The summed E-state index contributed by atoms with van der Waals surface area (Å²) in [6.07, 6.45) is -0.286. The first kappa shape index (κ1) is 24.7. The lowest BCUT2D eigenvalue weighted by Gasteiger charge is -2.20. The Kier molecular flexibility index (Phi) is 7.19. The van der Waals surface area contributed by atoms with Crippen molar-refractivity contribution in [3.8, 4) is 11.3 Å². The number of aromatic nitrogens is 3. The fourth-order valence-corrected chi connectivity index (χ4v) is 3.12. The van der Waals surface area contributed by atoms with Crippen LogP contribution in [-0.4, -0.2) is 32.6 Å². The molecule has 10 heteroatoms. The maximum atomic E-state index is 13.1. The number of carbonyl (C=O) groups is 2. The summed E-state index contributed by atoms with van der Waals surface area (Å²) < 4.78 is 25.3. The number of ether oxygens (including phenoxy) is 2. The lowest BCUT2D eigenvalue weighted by molar-refractivity contribution is 0.0635. The van der Waals surface area contributed by atoms with Crippen LogP contribution in [-0.2, 0) is 16.5 Å². The van der Waals surface area contributed by atoms with Crippen LogP contribution < -0.4 is 10.6 Å². The van der Waals surface area contributed by atoms with Crippen LogP contribution in [0.15, 0.2) is 42.6 Å². The Morgan fingerprint density at radius 1 is 1.06 bits per heavy atom. The van der Waals surface area contributed by atoms with Gasteiger partial charge in [0.2, 0.25) is 0 Å². The van der Waals surface area contributed by atoms with E-state index in [4.69, 9.17) is 9.47 Å². The van der Waals surface area contributed by atoms with Gasteiger partial charge in [0, 0.05) is 7.05 Å². The number of nitrogens with one attached hydrogen (secondary N) is 2. The van der Waals surface area contributed by atoms with Crippen molar-refractivity contribution in [3.05, 3.63) is 59.7 Å². The maximum Gasteiger partial charge on any atom is 0.413 e. The van der Waals surface area contributed by atoms with Gasteiger partial charge in [0.05, 0.1) is 28.8 Å². The monoisotopic (exact) mass is 469 g/mol. The number of aryl methyl sites for hydroxylation is 2. The van der Waals surface area contributed by atoms with Crippen molar-refractivity contribution in [3.63, 3.8) is 0 Å². The molecule has 9 nitrogen and oxygen atoms in total. The van der Waals surface area contributed by atoms with Crippen molar-refractivity contribution in [2.75, 3.05) is 10.6 Å². The topological polar surface area (TPSA) is 107 Å². The number of amides is 2. The van der Waals surface area contributed by atoms with Gasteiger partial charge in [0.15, 0.2) is 0 Å². The van der Waals surface area contributed by atoms with Crippen molar-refractivity contribution in [1.82, 2.24) is 14.8 Å². The fraction of sp³-hybridized carbons (Fsp3) is 0.333. The predicted molar refractivity (Wildman–Crippen MR) is 126 cm³/mol. The van der Waals surface area contributed by atoms with Crippen LogP contribution in [0.25, 0.3) is 11.3 Å². The number of carbonyl (C=O) groups excluding carboxylic acids is 2. The number of benzene rings is 1. The first-order valence-electron chi connectivity index (χ1n) is 10.7. The van der Waals surface area contributed by atoms with Crippen molar-refractivity contribution in [1.29, 1.82) is 0 Å². The molecule has 3 rings (SSSR count). The molecule has 2 heterocycles. The number of anilines is 2. The highest BCUT2D eigenvalue weighted by atomic mass is 19.1. The summed E-state index contributed by atoms with van der Waals surface area (Å²) in [4.78, 5) is 29.1. The average molecular weight is 470 g/mol. The van der Waals surface area contributed by atoms with Gasteiger partial charge in [-0.25, -0.2) is 14.0 Å². The van der Waals surface area contributed by atoms with Crippen LogP contribution in [0.3, 0.4) is 0 Å². The summed E-state index contributed by atoms with van der Waals surface area (Å²) >= 11 is 0. The molecule has 3 aromatic rings. The lowest BCUT2D eigenvalue weighted by Crippen LogP contribution is -2.27. The van der Waals surface area contributed by atoms with Crippen LogP contribution in [0.5, 0.6) is 0 Å².